The quantitative estimate of drug-likeness (QED) is 0.411. The minimum atomic E-state index is 0.0768. The van der Waals surface area contributed by atoms with E-state index in [1.165, 1.54) is 0 Å². The van der Waals surface area contributed by atoms with Gasteiger partial charge in [0.05, 0.1) is 6.61 Å². The summed E-state index contributed by atoms with van der Waals surface area (Å²) >= 11 is 0. The number of carbonyl (C=O) groups is 1. The van der Waals surface area contributed by atoms with Gasteiger partial charge in [0, 0.05) is 45.4 Å². The standard InChI is InChI=1S/C18H30N4O2/c1-5-22(6-2)17(23)16-10-8-15(9-11-16)14-21-18(19-4)20-12-13-24-7-3/h8-11H,5-7,12-14H2,1-4H3,(H2,19,20,21). The normalized spacial score (nSPS) is 11.2. The van der Waals surface area contributed by atoms with Crippen molar-refractivity contribution in [2.45, 2.75) is 27.3 Å². The highest BCUT2D eigenvalue weighted by molar-refractivity contribution is 5.94. The maximum atomic E-state index is 12.3. The molecule has 0 radical (unpaired) electrons. The predicted octanol–water partition coefficient (Wildman–Crippen LogP) is 1.87. The Labute approximate surface area is 145 Å². The summed E-state index contributed by atoms with van der Waals surface area (Å²) in [5, 5.41) is 6.43. The van der Waals surface area contributed by atoms with Crippen LogP contribution < -0.4 is 10.6 Å². The smallest absolute Gasteiger partial charge is 0.253 e. The lowest BCUT2D eigenvalue weighted by Crippen LogP contribution is -2.38. The summed E-state index contributed by atoms with van der Waals surface area (Å²) < 4.78 is 5.28. The van der Waals surface area contributed by atoms with Crippen molar-refractivity contribution >= 4 is 11.9 Å². The Bertz CT molecular complexity index is 510. The van der Waals surface area contributed by atoms with Gasteiger partial charge in [0.25, 0.3) is 5.91 Å². The molecule has 0 saturated heterocycles. The van der Waals surface area contributed by atoms with Gasteiger partial charge in [-0.3, -0.25) is 9.79 Å². The number of nitrogens with zero attached hydrogens (tertiary/aromatic N) is 2. The third-order valence-corrected chi connectivity index (χ3v) is 3.68. The minimum absolute atomic E-state index is 0.0768. The third-order valence-electron chi connectivity index (χ3n) is 3.68. The molecular weight excluding hydrogens is 304 g/mol. The van der Waals surface area contributed by atoms with E-state index in [0.717, 1.165) is 30.2 Å². The first-order valence-electron chi connectivity index (χ1n) is 8.56. The summed E-state index contributed by atoms with van der Waals surface area (Å²) in [6.45, 7) is 10.1. The number of ether oxygens (including phenoxy) is 1. The summed E-state index contributed by atoms with van der Waals surface area (Å²) in [6.07, 6.45) is 0. The van der Waals surface area contributed by atoms with Crippen molar-refractivity contribution in [1.82, 2.24) is 15.5 Å². The Morgan fingerprint density at radius 3 is 2.33 bits per heavy atom. The van der Waals surface area contributed by atoms with Gasteiger partial charge in [0.2, 0.25) is 0 Å². The molecule has 0 aliphatic heterocycles. The average Bonchev–Trinajstić information content (AvgIpc) is 2.62. The monoisotopic (exact) mass is 334 g/mol. The van der Waals surface area contributed by atoms with Crippen molar-refractivity contribution in [3.63, 3.8) is 0 Å². The van der Waals surface area contributed by atoms with Crippen LogP contribution >= 0.6 is 0 Å². The first-order chi connectivity index (χ1) is 11.7. The Hall–Kier alpha value is -2.08. The van der Waals surface area contributed by atoms with E-state index >= 15 is 0 Å². The summed E-state index contributed by atoms with van der Waals surface area (Å²) in [7, 11) is 1.74. The fourth-order valence-corrected chi connectivity index (χ4v) is 2.25. The van der Waals surface area contributed by atoms with Crippen LogP contribution in [0.5, 0.6) is 0 Å². The van der Waals surface area contributed by atoms with Gasteiger partial charge in [-0.15, -0.1) is 0 Å². The maximum Gasteiger partial charge on any atom is 0.253 e. The van der Waals surface area contributed by atoms with Gasteiger partial charge in [-0.05, 0) is 38.5 Å². The molecule has 24 heavy (non-hydrogen) atoms. The molecule has 1 aromatic rings. The third kappa shape index (κ3) is 6.58. The van der Waals surface area contributed by atoms with Gasteiger partial charge in [0.15, 0.2) is 5.96 Å². The molecule has 2 N–H and O–H groups in total. The van der Waals surface area contributed by atoms with Crippen LogP contribution in [0.3, 0.4) is 0 Å². The largest absolute Gasteiger partial charge is 0.380 e. The van der Waals surface area contributed by atoms with E-state index < -0.39 is 0 Å². The molecule has 6 heteroatoms. The molecule has 0 aliphatic rings. The molecule has 0 aliphatic carbocycles. The number of rotatable bonds is 9. The van der Waals surface area contributed by atoms with Crippen molar-refractivity contribution < 1.29 is 9.53 Å². The molecule has 1 amide bonds. The van der Waals surface area contributed by atoms with Gasteiger partial charge >= 0.3 is 0 Å². The molecular formula is C18H30N4O2. The topological polar surface area (TPSA) is 66.0 Å². The molecule has 0 saturated carbocycles. The molecule has 0 spiro atoms. The van der Waals surface area contributed by atoms with Gasteiger partial charge in [-0.1, -0.05) is 12.1 Å². The van der Waals surface area contributed by atoms with E-state index in [1.807, 2.05) is 49.9 Å². The Morgan fingerprint density at radius 1 is 1.12 bits per heavy atom. The fourth-order valence-electron chi connectivity index (χ4n) is 2.25. The second-order valence-electron chi connectivity index (χ2n) is 5.22. The zero-order valence-corrected chi connectivity index (χ0v) is 15.3. The highest BCUT2D eigenvalue weighted by Gasteiger charge is 2.11. The molecule has 1 rings (SSSR count). The van der Waals surface area contributed by atoms with Crippen LogP contribution in [-0.4, -0.2) is 56.7 Å². The summed E-state index contributed by atoms with van der Waals surface area (Å²) in [6, 6.07) is 7.69. The molecule has 0 aromatic heterocycles. The lowest BCUT2D eigenvalue weighted by Gasteiger charge is -2.18. The van der Waals surface area contributed by atoms with Crippen LogP contribution in [0.2, 0.25) is 0 Å². The van der Waals surface area contributed by atoms with E-state index in [-0.39, 0.29) is 5.91 Å². The second-order valence-corrected chi connectivity index (χ2v) is 5.22. The lowest BCUT2D eigenvalue weighted by molar-refractivity contribution is 0.0773. The van der Waals surface area contributed by atoms with Crippen molar-refractivity contribution in [1.29, 1.82) is 0 Å². The predicted molar refractivity (Wildman–Crippen MR) is 98.4 cm³/mol. The lowest BCUT2D eigenvalue weighted by atomic mass is 10.1. The number of guanidine groups is 1. The van der Waals surface area contributed by atoms with E-state index in [1.54, 1.807) is 7.05 Å². The van der Waals surface area contributed by atoms with Crippen LogP contribution in [0.25, 0.3) is 0 Å². The van der Waals surface area contributed by atoms with E-state index in [9.17, 15) is 4.79 Å². The van der Waals surface area contributed by atoms with Gasteiger partial charge < -0.3 is 20.3 Å². The number of nitrogens with one attached hydrogen (secondary N) is 2. The maximum absolute atomic E-state index is 12.3. The SMILES string of the molecule is CCOCCNC(=NC)NCc1ccc(C(=O)N(CC)CC)cc1. The Balaban J connectivity index is 2.50. The average molecular weight is 334 g/mol. The van der Waals surface area contributed by atoms with E-state index in [4.69, 9.17) is 4.74 Å². The summed E-state index contributed by atoms with van der Waals surface area (Å²) in [5.74, 6) is 0.811. The zero-order chi connectivity index (χ0) is 17.8. The Morgan fingerprint density at radius 2 is 1.79 bits per heavy atom. The van der Waals surface area contributed by atoms with E-state index in [0.29, 0.717) is 26.3 Å². The fraction of sp³-hybridized carbons (Fsp3) is 0.556. The first kappa shape index (κ1) is 20.0. The molecule has 134 valence electrons. The number of carbonyl (C=O) groups excluding carboxylic acids is 1. The summed E-state index contributed by atoms with van der Waals surface area (Å²) in [5.41, 5.74) is 1.82. The Kier molecular flexibility index (Phi) is 9.53. The molecule has 0 fully saturated rings. The molecule has 0 bridgehead atoms. The molecule has 1 aromatic carbocycles. The van der Waals surface area contributed by atoms with Crippen molar-refractivity contribution in [2.24, 2.45) is 4.99 Å². The number of benzene rings is 1. The minimum Gasteiger partial charge on any atom is -0.380 e. The highest BCUT2D eigenvalue weighted by atomic mass is 16.5. The first-order valence-corrected chi connectivity index (χ1v) is 8.56. The highest BCUT2D eigenvalue weighted by Crippen LogP contribution is 2.08. The molecule has 0 atom stereocenters. The van der Waals surface area contributed by atoms with Gasteiger partial charge in [-0.25, -0.2) is 0 Å². The number of hydrogen-bond donors (Lipinski definition) is 2. The number of hydrogen-bond acceptors (Lipinski definition) is 3. The van der Waals surface area contributed by atoms with Gasteiger partial charge in [0.1, 0.15) is 0 Å². The van der Waals surface area contributed by atoms with Crippen LogP contribution in [-0.2, 0) is 11.3 Å². The molecule has 6 nitrogen and oxygen atoms in total. The van der Waals surface area contributed by atoms with Crippen LogP contribution in [0.1, 0.15) is 36.7 Å². The van der Waals surface area contributed by atoms with Crippen molar-refractivity contribution in [3.8, 4) is 0 Å². The van der Waals surface area contributed by atoms with Crippen LogP contribution in [0.15, 0.2) is 29.3 Å². The second kappa shape index (κ2) is 11.5. The van der Waals surface area contributed by atoms with Crippen molar-refractivity contribution in [2.75, 3.05) is 39.9 Å². The molecule has 0 heterocycles. The van der Waals surface area contributed by atoms with Crippen LogP contribution in [0, 0.1) is 0 Å². The van der Waals surface area contributed by atoms with E-state index in [2.05, 4.69) is 15.6 Å². The van der Waals surface area contributed by atoms with Crippen LogP contribution in [0.4, 0.5) is 0 Å². The van der Waals surface area contributed by atoms with Crippen molar-refractivity contribution in [3.05, 3.63) is 35.4 Å². The number of amides is 1. The molecule has 0 unspecified atom stereocenters. The zero-order valence-electron chi connectivity index (χ0n) is 15.3. The summed E-state index contributed by atoms with van der Waals surface area (Å²) in [4.78, 5) is 18.3. The van der Waals surface area contributed by atoms with Gasteiger partial charge in [-0.2, -0.15) is 0 Å². The number of aliphatic imine (C=N–C) groups is 1.